The van der Waals surface area contributed by atoms with Gasteiger partial charge in [0.1, 0.15) is 5.75 Å². The van der Waals surface area contributed by atoms with Crippen LogP contribution in [0.5, 0.6) is 5.75 Å². The summed E-state index contributed by atoms with van der Waals surface area (Å²) in [5.74, 6) is 0.989. The van der Waals surface area contributed by atoms with Crippen molar-refractivity contribution >= 4 is 22.6 Å². The van der Waals surface area contributed by atoms with Gasteiger partial charge in [-0.3, -0.25) is 0 Å². The molecule has 0 saturated heterocycles. The first kappa shape index (κ1) is 14.9. The van der Waals surface area contributed by atoms with E-state index in [1.54, 1.807) is 0 Å². The third-order valence-electron chi connectivity index (χ3n) is 3.63. The van der Waals surface area contributed by atoms with Crippen molar-refractivity contribution in [3.05, 3.63) is 63.2 Å². The first-order chi connectivity index (χ1) is 10.3. The van der Waals surface area contributed by atoms with Gasteiger partial charge in [0.05, 0.1) is 12.1 Å². The molecular formula is C18H20INO. The lowest BCUT2D eigenvalue weighted by atomic mass is 9.98. The molecule has 2 aromatic carbocycles. The van der Waals surface area contributed by atoms with Crippen LogP contribution in [0.4, 0.5) is 0 Å². The van der Waals surface area contributed by atoms with Crippen LogP contribution in [0.25, 0.3) is 0 Å². The lowest BCUT2D eigenvalue weighted by Gasteiger charge is -2.20. The minimum atomic E-state index is 0.217. The van der Waals surface area contributed by atoms with Gasteiger partial charge in [-0.15, -0.1) is 0 Å². The van der Waals surface area contributed by atoms with Gasteiger partial charge < -0.3 is 10.1 Å². The summed E-state index contributed by atoms with van der Waals surface area (Å²) >= 11 is 2.34. The van der Waals surface area contributed by atoms with Crippen molar-refractivity contribution in [1.29, 1.82) is 0 Å². The average Bonchev–Trinajstić information content (AvgIpc) is 3.30. The Hall–Kier alpha value is -1.07. The lowest BCUT2D eigenvalue weighted by Crippen LogP contribution is -2.22. The summed E-state index contributed by atoms with van der Waals surface area (Å²) in [4.78, 5) is 0. The van der Waals surface area contributed by atoms with E-state index in [1.165, 1.54) is 27.5 Å². The lowest BCUT2D eigenvalue weighted by molar-refractivity contribution is 0.302. The van der Waals surface area contributed by atoms with Crippen molar-refractivity contribution in [3.63, 3.8) is 0 Å². The van der Waals surface area contributed by atoms with E-state index in [9.17, 15) is 0 Å². The van der Waals surface area contributed by atoms with E-state index >= 15 is 0 Å². The molecule has 3 heteroatoms. The molecule has 1 fully saturated rings. The number of rotatable bonds is 6. The average molecular weight is 393 g/mol. The van der Waals surface area contributed by atoms with E-state index in [1.807, 2.05) is 0 Å². The van der Waals surface area contributed by atoms with Crippen molar-refractivity contribution in [3.8, 4) is 5.75 Å². The highest BCUT2D eigenvalue weighted by Gasteiger charge is 2.23. The summed E-state index contributed by atoms with van der Waals surface area (Å²) < 4.78 is 7.18. The fraction of sp³-hybridized carbons (Fsp3) is 0.333. The standard InChI is InChI=1S/C18H20INO/c1-2-20-18(13-6-8-15(19)9-7-13)14-4-3-5-17(12-14)21-16-10-11-16/h3-9,12,16,18,20H,2,10-11H2,1H3. The van der Waals surface area contributed by atoms with Crippen molar-refractivity contribution in [1.82, 2.24) is 5.32 Å². The minimum absolute atomic E-state index is 0.217. The van der Waals surface area contributed by atoms with Crippen LogP contribution < -0.4 is 10.1 Å². The molecule has 21 heavy (non-hydrogen) atoms. The molecule has 2 nitrogen and oxygen atoms in total. The zero-order valence-corrected chi connectivity index (χ0v) is 14.3. The van der Waals surface area contributed by atoms with Crippen LogP contribution in [0.3, 0.4) is 0 Å². The summed E-state index contributed by atoms with van der Waals surface area (Å²) in [6.07, 6.45) is 2.83. The molecule has 110 valence electrons. The number of ether oxygens (including phenoxy) is 1. The SMILES string of the molecule is CCNC(c1ccc(I)cc1)c1cccc(OC2CC2)c1. The smallest absolute Gasteiger partial charge is 0.120 e. The van der Waals surface area contributed by atoms with Gasteiger partial charge in [-0.25, -0.2) is 0 Å². The molecule has 0 radical (unpaired) electrons. The number of hydrogen-bond acceptors (Lipinski definition) is 2. The second-order valence-electron chi connectivity index (χ2n) is 5.43. The van der Waals surface area contributed by atoms with Gasteiger partial charge in [0.25, 0.3) is 0 Å². The van der Waals surface area contributed by atoms with E-state index in [-0.39, 0.29) is 6.04 Å². The maximum absolute atomic E-state index is 5.92. The predicted molar refractivity (Wildman–Crippen MR) is 94.8 cm³/mol. The molecule has 0 bridgehead atoms. The summed E-state index contributed by atoms with van der Waals surface area (Å²) in [6.45, 7) is 3.08. The third kappa shape index (κ3) is 3.98. The van der Waals surface area contributed by atoms with Crippen LogP contribution in [0, 0.1) is 3.57 Å². The summed E-state index contributed by atoms with van der Waals surface area (Å²) in [5.41, 5.74) is 2.55. The second-order valence-corrected chi connectivity index (χ2v) is 6.68. The highest BCUT2D eigenvalue weighted by atomic mass is 127. The molecule has 0 spiro atoms. The molecular weight excluding hydrogens is 373 g/mol. The van der Waals surface area contributed by atoms with E-state index < -0.39 is 0 Å². The molecule has 0 aromatic heterocycles. The molecule has 0 heterocycles. The Morgan fingerprint density at radius 2 is 1.90 bits per heavy atom. The van der Waals surface area contributed by atoms with Gasteiger partial charge in [0.2, 0.25) is 0 Å². The Kier molecular flexibility index (Phi) is 4.80. The Labute approximate surface area is 140 Å². The van der Waals surface area contributed by atoms with E-state index in [4.69, 9.17) is 4.74 Å². The quantitative estimate of drug-likeness (QED) is 0.729. The van der Waals surface area contributed by atoms with Crippen LogP contribution >= 0.6 is 22.6 Å². The largest absolute Gasteiger partial charge is 0.490 e. The maximum Gasteiger partial charge on any atom is 0.120 e. The number of benzene rings is 2. The summed E-state index contributed by atoms with van der Waals surface area (Å²) in [5, 5.41) is 3.57. The number of nitrogens with one attached hydrogen (secondary N) is 1. The fourth-order valence-electron chi connectivity index (χ4n) is 2.43. The number of halogens is 1. The molecule has 0 aliphatic heterocycles. The van der Waals surface area contributed by atoms with Crippen LogP contribution in [0.2, 0.25) is 0 Å². The van der Waals surface area contributed by atoms with E-state index in [0.29, 0.717) is 6.10 Å². The first-order valence-electron chi connectivity index (χ1n) is 7.51. The topological polar surface area (TPSA) is 21.3 Å². The van der Waals surface area contributed by atoms with Gasteiger partial charge in [-0.05, 0) is 77.4 Å². The highest BCUT2D eigenvalue weighted by Crippen LogP contribution is 2.30. The molecule has 1 atom stereocenters. The van der Waals surface area contributed by atoms with Gasteiger partial charge >= 0.3 is 0 Å². The summed E-state index contributed by atoms with van der Waals surface area (Å²) in [7, 11) is 0. The first-order valence-corrected chi connectivity index (χ1v) is 8.59. The third-order valence-corrected chi connectivity index (χ3v) is 4.35. The second kappa shape index (κ2) is 6.79. The monoisotopic (exact) mass is 393 g/mol. The van der Waals surface area contributed by atoms with E-state index in [2.05, 4.69) is 83.4 Å². The zero-order chi connectivity index (χ0) is 14.7. The Bertz CT molecular complexity index is 592. The normalized spacial score (nSPS) is 15.7. The summed E-state index contributed by atoms with van der Waals surface area (Å²) in [6, 6.07) is 17.4. The molecule has 1 aliphatic rings. The van der Waals surface area contributed by atoms with Crippen LogP contribution in [0.1, 0.15) is 36.9 Å². The molecule has 1 aliphatic carbocycles. The maximum atomic E-state index is 5.92. The Morgan fingerprint density at radius 3 is 2.57 bits per heavy atom. The van der Waals surface area contributed by atoms with Crippen molar-refractivity contribution in [2.75, 3.05) is 6.54 Å². The molecule has 1 N–H and O–H groups in total. The molecule has 1 saturated carbocycles. The molecule has 2 aromatic rings. The molecule has 3 rings (SSSR count). The Balaban J connectivity index is 1.86. The zero-order valence-electron chi connectivity index (χ0n) is 12.2. The van der Waals surface area contributed by atoms with E-state index in [0.717, 1.165) is 12.3 Å². The Morgan fingerprint density at radius 1 is 1.14 bits per heavy atom. The molecule has 1 unspecified atom stereocenters. The number of hydrogen-bond donors (Lipinski definition) is 1. The highest BCUT2D eigenvalue weighted by molar-refractivity contribution is 14.1. The molecule has 0 amide bonds. The van der Waals surface area contributed by atoms with Crippen LogP contribution in [0.15, 0.2) is 48.5 Å². The van der Waals surface area contributed by atoms with Gasteiger partial charge in [-0.1, -0.05) is 31.2 Å². The predicted octanol–water partition coefficient (Wildman–Crippen LogP) is 4.53. The van der Waals surface area contributed by atoms with Crippen LogP contribution in [-0.2, 0) is 0 Å². The van der Waals surface area contributed by atoms with Gasteiger partial charge in [-0.2, -0.15) is 0 Å². The fourth-order valence-corrected chi connectivity index (χ4v) is 2.79. The van der Waals surface area contributed by atoms with Crippen LogP contribution in [-0.4, -0.2) is 12.6 Å². The minimum Gasteiger partial charge on any atom is -0.490 e. The van der Waals surface area contributed by atoms with Crippen molar-refractivity contribution in [2.45, 2.75) is 31.9 Å². The van der Waals surface area contributed by atoms with Crippen molar-refractivity contribution < 1.29 is 4.74 Å². The van der Waals surface area contributed by atoms with Crippen molar-refractivity contribution in [2.24, 2.45) is 0 Å². The van der Waals surface area contributed by atoms with Gasteiger partial charge in [0, 0.05) is 3.57 Å². The van der Waals surface area contributed by atoms with Gasteiger partial charge in [0.15, 0.2) is 0 Å².